The maximum absolute atomic E-state index is 9.02. The summed E-state index contributed by atoms with van der Waals surface area (Å²) in [6.07, 6.45) is 9.01. The summed E-state index contributed by atoms with van der Waals surface area (Å²) in [5.41, 5.74) is 2.44. The molecule has 0 spiro atoms. The van der Waals surface area contributed by atoms with Crippen LogP contribution in [0.2, 0.25) is 0 Å². The van der Waals surface area contributed by atoms with E-state index >= 15 is 0 Å². The number of aliphatic hydroxyl groups is 1. The summed E-state index contributed by atoms with van der Waals surface area (Å²) in [5, 5.41) is 12.7. The summed E-state index contributed by atoms with van der Waals surface area (Å²) >= 11 is 0. The Kier molecular flexibility index (Phi) is 13.1. The number of nitrogens with one attached hydrogen (secondary N) is 1. The van der Waals surface area contributed by atoms with Gasteiger partial charge in [-0.25, -0.2) is 0 Å². The minimum atomic E-state index is -0.341. The van der Waals surface area contributed by atoms with Gasteiger partial charge in [0, 0.05) is 12.1 Å². The first-order valence-corrected chi connectivity index (χ1v) is 9.77. The molecular formula is C23H39NO. The van der Waals surface area contributed by atoms with Crippen LogP contribution in [0.25, 0.3) is 0 Å². The van der Waals surface area contributed by atoms with Crippen LogP contribution in [0.1, 0.15) is 73.0 Å². The molecule has 2 atom stereocenters. The predicted octanol–water partition coefficient (Wildman–Crippen LogP) is 6.05. The smallest absolute Gasteiger partial charge is 0.0761 e. The van der Waals surface area contributed by atoms with E-state index in [1.807, 2.05) is 44.2 Å². The summed E-state index contributed by atoms with van der Waals surface area (Å²) in [7, 11) is 0. The van der Waals surface area contributed by atoms with Gasteiger partial charge in [-0.3, -0.25) is 0 Å². The Hall–Kier alpha value is -1.38. The van der Waals surface area contributed by atoms with Crippen molar-refractivity contribution in [1.29, 1.82) is 0 Å². The number of benzene rings is 1. The van der Waals surface area contributed by atoms with Crippen molar-refractivity contribution >= 4 is 0 Å². The molecule has 1 aromatic rings. The molecular weight excluding hydrogens is 306 g/mol. The molecule has 1 aliphatic rings. The van der Waals surface area contributed by atoms with Gasteiger partial charge in [0.05, 0.1) is 6.10 Å². The molecule has 2 unspecified atom stereocenters. The molecule has 0 aliphatic heterocycles. The minimum Gasteiger partial charge on any atom is -0.389 e. The molecule has 0 saturated carbocycles. The number of aliphatic hydroxyl groups excluding tert-OH is 1. The summed E-state index contributed by atoms with van der Waals surface area (Å²) in [6.45, 7) is 14.7. The molecule has 0 radical (unpaired) electrons. The van der Waals surface area contributed by atoms with E-state index < -0.39 is 0 Å². The lowest BCUT2D eigenvalue weighted by Crippen LogP contribution is -2.39. The molecule has 0 heterocycles. The zero-order valence-corrected chi connectivity index (χ0v) is 17.3. The summed E-state index contributed by atoms with van der Waals surface area (Å²) < 4.78 is 0. The van der Waals surface area contributed by atoms with E-state index in [0.29, 0.717) is 18.0 Å². The lowest BCUT2D eigenvalue weighted by Gasteiger charge is -2.27. The standard InChI is InChI=1S/C13H23N.C8H10O.C2H6/c1-10(2)13(14-11(3)4)12-8-6-5-7-9-12;1-7(9)8-5-3-2-4-6-8;1-2/h6,8-11,13-14H,5,7H2,1-4H3;2-7,9H,1H3;1-2H3. The third-order valence-electron chi connectivity index (χ3n) is 3.84. The molecule has 0 saturated heterocycles. The molecule has 0 amide bonds. The second-order valence-electron chi connectivity index (χ2n) is 6.81. The number of allylic oxidation sites excluding steroid dienone is 2. The summed E-state index contributed by atoms with van der Waals surface area (Å²) in [4.78, 5) is 0. The molecule has 2 rings (SSSR count). The molecule has 0 aromatic heterocycles. The van der Waals surface area contributed by atoms with E-state index in [1.54, 1.807) is 6.92 Å². The van der Waals surface area contributed by atoms with Crippen molar-refractivity contribution in [2.45, 2.75) is 79.5 Å². The van der Waals surface area contributed by atoms with Crippen molar-refractivity contribution in [3.05, 3.63) is 59.7 Å². The maximum atomic E-state index is 9.02. The van der Waals surface area contributed by atoms with E-state index in [-0.39, 0.29) is 6.10 Å². The van der Waals surface area contributed by atoms with Crippen molar-refractivity contribution < 1.29 is 5.11 Å². The third kappa shape index (κ3) is 10.3. The fourth-order valence-corrected chi connectivity index (χ4v) is 2.63. The van der Waals surface area contributed by atoms with E-state index in [1.165, 1.54) is 18.4 Å². The lowest BCUT2D eigenvalue weighted by atomic mass is 9.91. The van der Waals surface area contributed by atoms with Crippen LogP contribution < -0.4 is 5.32 Å². The highest BCUT2D eigenvalue weighted by Crippen LogP contribution is 2.19. The quantitative estimate of drug-likeness (QED) is 0.680. The van der Waals surface area contributed by atoms with E-state index in [0.717, 1.165) is 5.56 Å². The third-order valence-corrected chi connectivity index (χ3v) is 3.84. The van der Waals surface area contributed by atoms with Gasteiger partial charge in [0.2, 0.25) is 0 Å². The van der Waals surface area contributed by atoms with Gasteiger partial charge < -0.3 is 10.4 Å². The Morgan fingerprint density at radius 3 is 1.88 bits per heavy atom. The van der Waals surface area contributed by atoms with Gasteiger partial charge in [-0.1, -0.05) is 90.1 Å². The average Bonchev–Trinajstić information content (AvgIpc) is 2.63. The predicted molar refractivity (Wildman–Crippen MR) is 112 cm³/mol. The Bertz CT molecular complexity index is 486. The van der Waals surface area contributed by atoms with Crippen molar-refractivity contribution in [2.24, 2.45) is 5.92 Å². The largest absolute Gasteiger partial charge is 0.389 e. The zero-order chi connectivity index (χ0) is 19.2. The normalized spacial score (nSPS) is 15.5. The molecule has 2 nitrogen and oxygen atoms in total. The van der Waals surface area contributed by atoms with Gasteiger partial charge in [0.15, 0.2) is 0 Å². The van der Waals surface area contributed by atoms with Crippen LogP contribution in [-0.4, -0.2) is 17.2 Å². The van der Waals surface area contributed by atoms with Crippen LogP contribution in [0.5, 0.6) is 0 Å². The molecule has 1 aliphatic carbocycles. The van der Waals surface area contributed by atoms with Gasteiger partial charge in [-0.15, -0.1) is 0 Å². The number of rotatable bonds is 5. The molecule has 25 heavy (non-hydrogen) atoms. The Morgan fingerprint density at radius 2 is 1.52 bits per heavy atom. The van der Waals surface area contributed by atoms with Crippen molar-refractivity contribution in [3.8, 4) is 0 Å². The van der Waals surface area contributed by atoms with Crippen LogP contribution in [0.4, 0.5) is 0 Å². The fourth-order valence-electron chi connectivity index (χ4n) is 2.63. The monoisotopic (exact) mass is 345 g/mol. The second kappa shape index (κ2) is 13.9. The van der Waals surface area contributed by atoms with Crippen LogP contribution >= 0.6 is 0 Å². The van der Waals surface area contributed by atoms with Crippen molar-refractivity contribution in [3.63, 3.8) is 0 Å². The Morgan fingerprint density at radius 1 is 0.920 bits per heavy atom. The molecule has 0 bridgehead atoms. The highest BCUT2D eigenvalue weighted by atomic mass is 16.3. The summed E-state index contributed by atoms with van der Waals surface area (Å²) in [5.74, 6) is 0.659. The van der Waals surface area contributed by atoms with Gasteiger partial charge in [-0.2, -0.15) is 0 Å². The highest BCUT2D eigenvalue weighted by Gasteiger charge is 2.17. The Labute approximate surface area is 156 Å². The lowest BCUT2D eigenvalue weighted by molar-refractivity contribution is 0.199. The first-order valence-electron chi connectivity index (χ1n) is 9.77. The molecule has 1 aromatic carbocycles. The van der Waals surface area contributed by atoms with Gasteiger partial charge >= 0.3 is 0 Å². The highest BCUT2D eigenvalue weighted by molar-refractivity contribution is 5.28. The van der Waals surface area contributed by atoms with Crippen LogP contribution in [-0.2, 0) is 0 Å². The number of hydrogen-bond acceptors (Lipinski definition) is 2. The first-order chi connectivity index (χ1) is 11.9. The van der Waals surface area contributed by atoms with E-state index in [9.17, 15) is 0 Å². The first kappa shape index (κ1) is 23.6. The molecule has 142 valence electrons. The van der Waals surface area contributed by atoms with Gasteiger partial charge in [-0.05, 0) is 36.8 Å². The zero-order valence-electron chi connectivity index (χ0n) is 17.3. The second-order valence-corrected chi connectivity index (χ2v) is 6.81. The van der Waals surface area contributed by atoms with Crippen LogP contribution in [0.3, 0.4) is 0 Å². The van der Waals surface area contributed by atoms with Gasteiger partial charge in [0.1, 0.15) is 0 Å². The van der Waals surface area contributed by atoms with E-state index in [4.69, 9.17) is 5.11 Å². The number of hydrogen-bond donors (Lipinski definition) is 2. The van der Waals surface area contributed by atoms with Crippen LogP contribution in [0.15, 0.2) is 54.1 Å². The molecule has 2 N–H and O–H groups in total. The fraction of sp³-hybridized carbons (Fsp3) is 0.565. The van der Waals surface area contributed by atoms with Crippen molar-refractivity contribution in [2.75, 3.05) is 0 Å². The molecule has 2 heteroatoms. The topological polar surface area (TPSA) is 32.3 Å². The SMILES string of the molecule is CC.CC(C)NC(C1=CCCC=C1)C(C)C.CC(O)c1ccccc1. The Balaban J connectivity index is 0.000000451. The summed E-state index contributed by atoms with van der Waals surface area (Å²) in [6, 6.07) is 10.7. The van der Waals surface area contributed by atoms with Crippen LogP contribution in [0, 0.1) is 5.92 Å². The van der Waals surface area contributed by atoms with E-state index in [2.05, 4.69) is 51.2 Å². The minimum absolute atomic E-state index is 0.341. The van der Waals surface area contributed by atoms with Crippen molar-refractivity contribution in [1.82, 2.24) is 5.32 Å². The molecule has 0 fully saturated rings. The van der Waals surface area contributed by atoms with Gasteiger partial charge in [0.25, 0.3) is 0 Å². The average molecular weight is 346 g/mol. The maximum Gasteiger partial charge on any atom is 0.0761 e.